The van der Waals surface area contributed by atoms with Gasteiger partial charge in [-0.1, -0.05) is 30.3 Å². The zero-order chi connectivity index (χ0) is 22.9. The molecule has 166 valence electrons. The van der Waals surface area contributed by atoms with Gasteiger partial charge in [0.1, 0.15) is 11.4 Å². The molecular weight excluding hydrogens is 405 g/mol. The molecule has 0 bridgehead atoms. The number of esters is 1. The summed E-state index contributed by atoms with van der Waals surface area (Å²) >= 11 is 0. The number of alkyl carbamates (subject to hydrolysis) is 1. The summed E-state index contributed by atoms with van der Waals surface area (Å²) in [4.78, 5) is 36.7. The molecule has 0 unspecified atom stereocenters. The summed E-state index contributed by atoms with van der Waals surface area (Å²) in [6.07, 6.45) is -0.817. The van der Waals surface area contributed by atoms with Crippen LogP contribution in [0.4, 0.5) is 9.18 Å². The first-order chi connectivity index (χ1) is 14.6. The molecule has 0 aliphatic rings. The summed E-state index contributed by atoms with van der Waals surface area (Å²) < 4.78 is 28.8. The lowest BCUT2D eigenvalue weighted by Gasteiger charge is -2.23. The molecule has 0 aliphatic heterocycles. The Morgan fingerprint density at radius 1 is 1.00 bits per heavy atom. The molecule has 31 heavy (non-hydrogen) atoms. The molecule has 2 aromatic rings. The Labute approximate surface area is 180 Å². The van der Waals surface area contributed by atoms with E-state index in [1.54, 1.807) is 20.8 Å². The van der Waals surface area contributed by atoms with Gasteiger partial charge in [-0.25, -0.2) is 14.0 Å². The Balaban J connectivity index is 1.95. The summed E-state index contributed by atoms with van der Waals surface area (Å²) in [5, 5.41) is 2.41. The number of amides is 1. The maximum absolute atomic E-state index is 13.0. The summed E-state index contributed by atoms with van der Waals surface area (Å²) in [6, 6.07) is 13.0. The van der Waals surface area contributed by atoms with E-state index in [1.807, 2.05) is 30.3 Å². The topological polar surface area (TPSA) is 90.9 Å². The third kappa shape index (κ3) is 8.96. The third-order valence-corrected chi connectivity index (χ3v) is 3.88. The Morgan fingerprint density at radius 3 is 2.26 bits per heavy atom. The van der Waals surface area contributed by atoms with Crippen molar-refractivity contribution in [3.8, 4) is 0 Å². The number of ketones is 1. The minimum absolute atomic E-state index is 0.183. The van der Waals surface area contributed by atoms with Gasteiger partial charge in [0.05, 0.1) is 13.2 Å². The van der Waals surface area contributed by atoms with E-state index in [0.29, 0.717) is 0 Å². The highest BCUT2D eigenvalue weighted by Crippen LogP contribution is 2.08. The molecule has 8 heteroatoms. The van der Waals surface area contributed by atoms with Crippen molar-refractivity contribution in [1.29, 1.82) is 0 Å². The SMILES string of the molecule is CC(C)(C)OC(=O)N[C@H](COCc1ccccc1)C(=O)OCC(=O)c1ccc(F)cc1. The molecule has 0 aromatic heterocycles. The molecule has 0 fully saturated rings. The molecule has 7 nitrogen and oxygen atoms in total. The Hall–Kier alpha value is -3.26. The smallest absolute Gasteiger partial charge is 0.408 e. The van der Waals surface area contributed by atoms with Crippen molar-refractivity contribution in [2.45, 2.75) is 39.0 Å². The second-order valence-electron chi connectivity index (χ2n) is 7.74. The molecule has 1 N–H and O–H groups in total. The molecule has 0 heterocycles. The predicted molar refractivity (Wildman–Crippen MR) is 111 cm³/mol. The van der Waals surface area contributed by atoms with Crippen LogP contribution >= 0.6 is 0 Å². The molecular formula is C23H26FNO6. The number of nitrogens with one attached hydrogen (secondary N) is 1. The zero-order valence-corrected chi connectivity index (χ0v) is 17.7. The predicted octanol–water partition coefficient (Wildman–Crippen LogP) is 3.66. The van der Waals surface area contributed by atoms with Crippen LogP contribution in [0.5, 0.6) is 0 Å². The molecule has 2 rings (SSSR count). The van der Waals surface area contributed by atoms with Crippen molar-refractivity contribution < 1.29 is 33.0 Å². The Morgan fingerprint density at radius 2 is 1.65 bits per heavy atom. The van der Waals surface area contributed by atoms with Crippen LogP contribution < -0.4 is 5.32 Å². The van der Waals surface area contributed by atoms with Gasteiger partial charge >= 0.3 is 12.1 Å². The number of carbonyl (C=O) groups is 3. The zero-order valence-electron chi connectivity index (χ0n) is 17.7. The Kier molecular flexibility index (Phi) is 8.69. The highest BCUT2D eigenvalue weighted by Gasteiger charge is 2.26. The fourth-order valence-electron chi connectivity index (χ4n) is 2.44. The van der Waals surface area contributed by atoms with Gasteiger partial charge in [0.25, 0.3) is 0 Å². The second-order valence-corrected chi connectivity index (χ2v) is 7.74. The molecule has 0 aliphatic carbocycles. The average Bonchev–Trinajstić information content (AvgIpc) is 2.71. The van der Waals surface area contributed by atoms with E-state index in [4.69, 9.17) is 14.2 Å². The number of hydrogen-bond acceptors (Lipinski definition) is 6. The summed E-state index contributed by atoms with van der Waals surface area (Å²) in [5.41, 5.74) is 0.326. The Bertz CT molecular complexity index is 877. The molecule has 1 atom stereocenters. The molecule has 0 saturated heterocycles. The number of hydrogen-bond donors (Lipinski definition) is 1. The lowest BCUT2D eigenvalue weighted by atomic mass is 10.1. The van der Waals surface area contributed by atoms with Crippen molar-refractivity contribution in [1.82, 2.24) is 5.32 Å². The molecule has 0 saturated carbocycles. The average molecular weight is 431 g/mol. The first kappa shape index (κ1) is 24.0. The van der Waals surface area contributed by atoms with Crippen LogP contribution in [0.25, 0.3) is 0 Å². The van der Waals surface area contributed by atoms with E-state index in [1.165, 1.54) is 12.1 Å². The van der Waals surface area contributed by atoms with E-state index in [0.717, 1.165) is 17.7 Å². The van der Waals surface area contributed by atoms with Gasteiger partial charge in [-0.15, -0.1) is 0 Å². The molecule has 1 amide bonds. The number of benzene rings is 2. The van der Waals surface area contributed by atoms with Crippen molar-refractivity contribution in [3.05, 3.63) is 71.5 Å². The fourth-order valence-corrected chi connectivity index (χ4v) is 2.44. The second kappa shape index (κ2) is 11.2. The summed E-state index contributed by atoms with van der Waals surface area (Å²) in [6.45, 7) is 4.54. The first-order valence-corrected chi connectivity index (χ1v) is 9.70. The van der Waals surface area contributed by atoms with Crippen LogP contribution in [0, 0.1) is 5.82 Å². The van der Waals surface area contributed by atoms with E-state index in [2.05, 4.69) is 5.32 Å². The minimum atomic E-state index is -1.18. The van der Waals surface area contributed by atoms with Crippen molar-refractivity contribution in [2.24, 2.45) is 0 Å². The normalized spacial score (nSPS) is 12.0. The minimum Gasteiger partial charge on any atom is -0.456 e. The van der Waals surface area contributed by atoms with Crippen molar-refractivity contribution in [2.75, 3.05) is 13.2 Å². The van der Waals surface area contributed by atoms with Crippen LogP contribution in [-0.2, 0) is 25.6 Å². The number of Topliss-reactive ketones (excluding diaryl/α,β-unsaturated/α-hetero) is 1. The van der Waals surface area contributed by atoms with Gasteiger partial charge in [0, 0.05) is 5.56 Å². The summed E-state index contributed by atoms with van der Waals surface area (Å²) in [5.74, 6) is -1.84. The highest BCUT2D eigenvalue weighted by molar-refractivity contribution is 5.98. The standard InChI is InChI=1S/C23H26FNO6/c1-23(2,3)31-22(28)25-19(14-29-13-16-7-5-4-6-8-16)21(27)30-15-20(26)17-9-11-18(24)12-10-17/h4-12,19H,13-15H2,1-3H3,(H,25,28)/t19-/m1/s1. The summed E-state index contributed by atoms with van der Waals surface area (Å²) in [7, 11) is 0. The van der Waals surface area contributed by atoms with Gasteiger partial charge < -0.3 is 19.5 Å². The monoisotopic (exact) mass is 431 g/mol. The van der Waals surface area contributed by atoms with Crippen molar-refractivity contribution in [3.63, 3.8) is 0 Å². The van der Waals surface area contributed by atoms with E-state index in [-0.39, 0.29) is 18.8 Å². The van der Waals surface area contributed by atoms with Crippen LogP contribution in [0.2, 0.25) is 0 Å². The van der Waals surface area contributed by atoms with Gasteiger partial charge in [-0.05, 0) is 50.6 Å². The lowest BCUT2D eigenvalue weighted by Crippen LogP contribution is -2.47. The van der Waals surface area contributed by atoms with Gasteiger partial charge in [-0.2, -0.15) is 0 Å². The van der Waals surface area contributed by atoms with Crippen LogP contribution in [0.1, 0.15) is 36.7 Å². The van der Waals surface area contributed by atoms with Crippen molar-refractivity contribution >= 4 is 17.8 Å². The van der Waals surface area contributed by atoms with E-state index >= 15 is 0 Å². The number of ether oxygens (including phenoxy) is 3. The lowest BCUT2D eigenvalue weighted by molar-refractivity contribution is -0.146. The largest absolute Gasteiger partial charge is 0.456 e. The van der Waals surface area contributed by atoms with Gasteiger partial charge in [0.15, 0.2) is 18.4 Å². The highest BCUT2D eigenvalue weighted by atomic mass is 19.1. The quantitative estimate of drug-likeness (QED) is 0.481. The molecule has 2 aromatic carbocycles. The fraction of sp³-hybridized carbons (Fsp3) is 0.348. The maximum Gasteiger partial charge on any atom is 0.408 e. The number of halogens is 1. The number of rotatable bonds is 9. The molecule has 0 spiro atoms. The molecule has 0 radical (unpaired) electrons. The van der Waals surface area contributed by atoms with Crippen LogP contribution in [0.15, 0.2) is 54.6 Å². The number of carbonyl (C=O) groups excluding carboxylic acids is 3. The third-order valence-electron chi connectivity index (χ3n) is 3.88. The maximum atomic E-state index is 13.0. The van der Waals surface area contributed by atoms with E-state index < -0.39 is 41.9 Å². The van der Waals surface area contributed by atoms with Gasteiger partial charge in [-0.3, -0.25) is 4.79 Å². The van der Waals surface area contributed by atoms with Gasteiger partial charge in [0.2, 0.25) is 0 Å². The van der Waals surface area contributed by atoms with Crippen LogP contribution in [-0.4, -0.2) is 42.7 Å². The van der Waals surface area contributed by atoms with E-state index in [9.17, 15) is 18.8 Å². The van der Waals surface area contributed by atoms with Crippen LogP contribution in [0.3, 0.4) is 0 Å². The first-order valence-electron chi connectivity index (χ1n) is 9.70.